The molecule has 2 aromatic carbocycles. The Kier molecular flexibility index (Phi) is 5.31. The molecule has 5 heteroatoms. The third-order valence-electron chi connectivity index (χ3n) is 2.58. The van der Waals surface area contributed by atoms with Crippen molar-refractivity contribution in [2.45, 2.75) is 23.1 Å². The molecule has 2 N–H and O–H groups in total. The van der Waals surface area contributed by atoms with Gasteiger partial charge in [-0.25, -0.2) is 4.39 Å². The molecule has 0 aliphatic heterocycles. The summed E-state index contributed by atoms with van der Waals surface area (Å²) in [5.41, 5.74) is 6.29. The van der Waals surface area contributed by atoms with Gasteiger partial charge in [-0.05, 0) is 40.5 Å². The van der Waals surface area contributed by atoms with Gasteiger partial charge in [-0.15, -0.1) is 0 Å². The van der Waals surface area contributed by atoms with Crippen LogP contribution in [0.4, 0.5) is 10.1 Å². The smallest absolute Gasteiger partial charge is 0.167 e. The summed E-state index contributed by atoms with van der Waals surface area (Å²) in [6, 6.07) is 10.8. The first-order valence-corrected chi connectivity index (χ1v) is 7.87. The SMILES string of the molecule is CCCOc1cc(Sc2ccccc2Br)c(N)cc1F. The Labute approximate surface area is 130 Å². The standard InChI is InChI=1S/C15H15BrFNOS/c1-2-7-19-13-9-15(12(18)8-11(13)17)20-14-6-4-3-5-10(14)16/h3-6,8-9H,2,7,18H2,1H3. The highest BCUT2D eigenvalue weighted by atomic mass is 79.9. The van der Waals surface area contributed by atoms with Crippen LogP contribution in [0.15, 0.2) is 50.7 Å². The Hall–Kier alpha value is -1.20. The molecule has 0 atom stereocenters. The summed E-state index contributed by atoms with van der Waals surface area (Å²) in [7, 11) is 0. The molecule has 0 aliphatic carbocycles. The number of hydrogen-bond acceptors (Lipinski definition) is 3. The molecular formula is C15H15BrFNOS. The summed E-state index contributed by atoms with van der Waals surface area (Å²) in [6.45, 7) is 2.46. The fourth-order valence-corrected chi connectivity index (χ4v) is 3.03. The van der Waals surface area contributed by atoms with Gasteiger partial charge in [0, 0.05) is 26.0 Å². The highest BCUT2D eigenvalue weighted by Gasteiger charge is 2.11. The number of nitrogens with two attached hydrogens (primary N) is 1. The van der Waals surface area contributed by atoms with E-state index in [1.54, 1.807) is 6.07 Å². The quantitative estimate of drug-likeness (QED) is 0.756. The van der Waals surface area contributed by atoms with Gasteiger partial charge in [-0.1, -0.05) is 30.8 Å². The Morgan fingerprint density at radius 3 is 2.70 bits per heavy atom. The van der Waals surface area contributed by atoms with E-state index in [1.807, 2.05) is 31.2 Å². The van der Waals surface area contributed by atoms with Crippen LogP contribution in [0, 0.1) is 5.82 Å². The second-order valence-corrected chi connectivity index (χ2v) is 6.14. The van der Waals surface area contributed by atoms with Crippen molar-refractivity contribution in [2.24, 2.45) is 0 Å². The Bertz CT molecular complexity index is 606. The monoisotopic (exact) mass is 355 g/mol. The van der Waals surface area contributed by atoms with Crippen molar-refractivity contribution in [3.8, 4) is 5.75 Å². The zero-order valence-corrected chi connectivity index (χ0v) is 13.4. The molecule has 0 amide bonds. The first kappa shape index (κ1) is 15.2. The lowest BCUT2D eigenvalue weighted by Crippen LogP contribution is -1.99. The minimum absolute atomic E-state index is 0.246. The molecule has 0 aliphatic rings. The van der Waals surface area contributed by atoms with Crippen molar-refractivity contribution in [1.82, 2.24) is 0 Å². The largest absolute Gasteiger partial charge is 0.490 e. The Balaban J connectivity index is 2.29. The number of halogens is 2. The topological polar surface area (TPSA) is 35.2 Å². The maximum Gasteiger partial charge on any atom is 0.167 e. The van der Waals surface area contributed by atoms with Crippen LogP contribution in [0.5, 0.6) is 5.75 Å². The minimum atomic E-state index is -0.424. The van der Waals surface area contributed by atoms with Crippen LogP contribution in [0.2, 0.25) is 0 Å². The molecule has 0 saturated carbocycles. The molecule has 2 rings (SSSR count). The Morgan fingerprint density at radius 1 is 1.25 bits per heavy atom. The first-order chi connectivity index (χ1) is 9.61. The third-order valence-corrected chi connectivity index (χ3v) is 4.69. The van der Waals surface area contributed by atoms with Crippen LogP contribution >= 0.6 is 27.7 Å². The molecule has 0 heterocycles. The highest BCUT2D eigenvalue weighted by Crippen LogP contribution is 2.39. The second kappa shape index (κ2) is 6.99. The predicted octanol–water partition coefficient (Wildman–Crippen LogP) is 5.11. The number of nitrogen functional groups attached to an aromatic ring is 1. The number of ether oxygens (including phenoxy) is 1. The van der Waals surface area contributed by atoms with Gasteiger partial charge in [-0.2, -0.15) is 0 Å². The zero-order valence-electron chi connectivity index (χ0n) is 11.0. The van der Waals surface area contributed by atoms with Crippen molar-refractivity contribution in [1.29, 1.82) is 0 Å². The van der Waals surface area contributed by atoms with E-state index in [4.69, 9.17) is 10.5 Å². The summed E-state index contributed by atoms with van der Waals surface area (Å²) in [5.74, 6) is -0.178. The molecule has 0 aromatic heterocycles. The molecule has 0 unspecified atom stereocenters. The summed E-state index contributed by atoms with van der Waals surface area (Å²) in [5, 5.41) is 0. The molecule has 2 nitrogen and oxygen atoms in total. The predicted molar refractivity (Wildman–Crippen MR) is 84.9 cm³/mol. The molecule has 0 saturated heterocycles. The van der Waals surface area contributed by atoms with Gasteiger partial charge in [-0.3, -0.25) is 0 Å². The van der Waals surface area contributed by atoms with Gasteiger partial charge in [0.25, 0.3) is 0 Å². The molecular weight excluding hydrogens is 341 g/mol. The van der Waals surface area contributed by atoms with E-state index < -0.39 is 5.82 Å². The van der Waals surface area contributed by atoms with E-state index in [-0.39, 0.29) is 5.75 Å². The van der Waals surface area contributed by atoms with Crippen LogP contribution in [0.25, 0.3) is 0 Å². The van der Waals surface area contributed by atoms with Gasteiger partial charge in [0.05, 0.1) is 6.61 Å². The fourth-order valence-electron chi connectivity index (χ4n) is 1.61. The second-order valence-electron chi connectivity index (χ2n) is 4.20. The van der Waals surface area contributed by atoms with Gasteiger partial charge < -0.3 is 10.5 Å². The van der Waals surface area contributed by atoms with E-state index in [1.165, 1.54) is 17.8 Å². The molecule has 106 valence electrons. The van der Waals surface area contributed by atoms with Gasteiger partial charge >= 0.3 is 0 Å². The number of rotatable bonds is 5. The van der Waals surface area contributed by atoms with Gasteiger partial charge in [0.1, 0.15) is 0 Å². The average molecular weight is 356 g/mol. The van der Waals surface area contributed by atoms with Crippen molar-refractivity contribution in [2.75, 3.05) is 12.3 Å². The van der Waals surface area contributed by atoms with E-state index >= 15 is 0 Å². The van der Waals surface area contributed by atoms with Crippen LogP contribution in [-0.2, 0) is 0 Å². The molecule has 0 bridgehead atoms. The van der Waals surface area contributed by atoms with Crippen molar-refractivity contribution < 1.29 is 9.13 Å². The number of anilines is 1. The molecule has 0 fully saturated rings. The third kappa shape index (κ3) is 3.67. The van der Waals surface area contributed by atoms with Gasteiger partial charge in [0.15, 0.2) is 11.6 Å². The van der Waals surface area contributed by atoms with Crippen LogP contribution in [0.1, 0.15) is 13.3 Å². The summed E-state index contributed by atoms with van der Waals surface area (Å²) in [4.78, 5) is 1.80. The number of benzene rings is 2. The first-order valence-electron chi connectivity index (χ1n) is 6.26. The average Bonchev–Trinajstić information content (AvgIpc) is 2.43. The van der Waals surface area contributed by atoms with Crippen molar-refractivity contribution >= 4 is 33.4 Å². The molecule has 2 aromatic rings. The van der Waals surface area contributed by atoms with Crippen LogP contribution in [0.3, 0.4) is 0 Å². The summed E-state index contributed by atoms with van der Waals surface area (Å²) >= 11 is 4.96. The van der Waals surface area contributed by atoms with Crippen LogP contribution < -0.4 is 10.5 Å². The maximum atomic E-state index is 13.7. The summed E-state index contributed by atoms with van der Waals surface area (Å²) < 4.78 is 20.1. The fraction of sp³-hybridized carbons (Fsp3) is 0.200. The lowest BCUT2D eigenvalue weighted by molar-refractivity contribution is 0.300. The van der Waals surface area contributed by atoms with E-state index in [0.717, 1.165) is 20.7 Å². The Morgan fingerprint density at radius 2 is 2.00 bits per heavy atom. The van der Waals surface area contributed by atoms with Crippen molar-refractivity contribution in [3.63, 3.8) is 0 Å². The molecule has 20 heavy (non-hydrogen) atoms. The lowest BCUT2D eigenvalue weighted by Gasteiger charge is -2.11. The normalized spacial score (nSPS) is 10.6. The highest BCUT2D eigenvalue weighted by molar-refractivity contribution is 9.10. The number of hydrogen-bond donors (Lipinski definition) is 1. The van der Waals surface area contributed by atoms with E-state index in [9.17, 15) is 4.39 Å². The minimum Gasteiger partial charge on any atom is -0.490 e. The lowest BCUT2D eigenvalue weighted by atomic mass is 10.3. The van der Waals surface area contributed by atoms with Gasteiger partial charge in [0.2, 0.25) is 0 Å². The maximum absolute atomic E-state index is 13.7. The molecule has 0 spiro atoms. The zero-order chi connectivity index (χ0) is 14.5. The summed E-state index contributed by atoms with van der Waals surface area (Å²) in [6.07, 6.45) is 0.830. The van der Waals surface area contributed by atoms with E-state index in [0.29, 0.717) is 12.3 Å². The van der Waals surface area contributed by atoms with Crippen LogP contribution in [-0.4, -0.2) is 6.61 Å². The molecule has 0 radical (unpaired) electrons. The van der Waals surface area contributed by atoms with Crippen molar-refractivity contribution in [3.05, 3.63) is 46.7 Å². The van der Waals surface area contributed by atoms with E-state index in [2.05, 4.69) is 15.9 Å².